The van der Waals surface area contributed by atoms with Crippen LogP contribution in [-0.4, -0.2) is 36.2 Å². The predicted molar refractivity (Wildman–Crippen MR) is 171 cm³/mol. The summed E-state index contributed by atoms with van der Waals surface area (Å²) in [6, 6.07) is 31.8. The Hall–Kier alpha value is -4.78. The number of aliphatic carboxylic acids is 1. The molecule has 1 amide bonds. The second-order valence-electron chi connectivity index (χ2n) is 10.5. The van der Waals surface area contributed by atoms with E-state index in [9.17, 15) is 14.7 Å². The number of para-hydroxylation sites is 2. The highest BCUT2D eigenvalue weighted by atomic mass is 16.5. The van der Waals surface area contributed by atoms with Crippen LogP contribution in [0.1, 0.15) is 42.9 Å². The van der Waals surface area contributed by atoms with Gasteiger partial charge in [-0.2, -0.15) is 0 Å². The van der Waals surface area contributed by atoms with Crippen molar-refractivity contribution in [3.8, 4) is 11.5 Å². The largest absolute Gasteiger partial charge is 0.494 e. The van der Waals surface area contributed by atoms with Gasteiger partial charge in [-0.3, -0.25) is 4.79 Å². The molecule has 1 atom stereocenters. The lowest BCUT2D eigenvalue weighted by Gasteiger charge is -2.23. The molecule has 0 radical (unpaired) electrons. The molecule has 0 saturated carbocycles. The molecule has 0 heterocycles. The first-order valence-electron chi connectivity index (χ1n) is 14.8. The molecular weight excluding hydrogens is 540 g/mol. The van der Waals surface area contributed by atoms with E-state index >= 15 is 0 Å². The number of ether oxygens (including phenoxy) is 2. The summed E-state index contributed by atoms with van der Waals surface area (Å²) in [6.07, 6.45) is 2.28. The summed E-state index contributed by atoms with van der Waals surface area (Å²) >= 11 is 0. The Bertz CT molecular complexity index is 1440. The molecule has 4 aromatic carbocycles. The number of aryl methyl sites for hydroxylation is 1. The quantitative estimate of drug-likeness (QED) is 0.135. The first-order chi connectivity index (χ1) is 20.9. The summed E-state index contributed by atoms with van der Waals surface area (Å²) < 4.78 is 11.9. The zero-order valence-electron chi connectivity index (χ0n) is 24.9. The summed E-state index contributed by atoms with van der Waals surface area (Å²) in [5, 5.41) is 13.1. The first-order valence-corrected chi connectivity index (χ1v) is 14.8. The van der Waals surface area contributed by atoms with Gasteiger partial charge < -0.3 is 24.8 Å². The molecule has 4 aromatic rings. The fourth-order valence-corrected chi connectivity index (χ4v) is 4.68. The van der Waals surface area contributed by atoms with E-state index < -0.39 is 12.0 Å². The minimum absolute atomic E-state index is 0.114. The Balaban J connectivity index is 1.30. The SMILES string of the molecule is CCCC(=O)N(CCCOc1ccc(CC(Nc2ccccc2OCc2ccccc2)C(=O)O)cc1)c1ccc(C)cc1. The minimum Gasteiger partial charge on any atom is -0.494 e. The molecule has 0 aliphatic carbocycles. The van der Waals surface area contributed by atoms with E-state index in [-0.39, 0.29) is 12.3 Å². The van der Waals surface area contributed by atoms with E-state index in [0.29, 0.717) is 49.8 Å². The van der Waals surface area contributed by atoms with Crippen molar-refractivity contribution in [3.63, 3.8) is 0 Å². The molecule has 43 heavy (non-hydrogen) atoms. The summed E-state index contributed by atoms with van der Waals surface area (Å²) in [6.45, 7) is 5.45. The van der Waals surface area contributed by atoms with Crippen LogP contribution in [0, 0.1) is 6.92 Å². The lowest BCUT2D eigenvalue weighted by Crippen LogP contribution is -2.32. The third kappa shape index (κ3) is 9.64. The molecule has 224 valence electrons. The van der Waals surface area contributed by atoms with Crippen molar-refractivity contribution in [1.29, 1.82) is 0 Å². The van der Waals surface area contributed by atoms with Gasteiger partial charge in [-0.15, -0.1) is 0 Å². The topological polar surface area (TPSA) is 88.1 Å². The maximum absolute atomic E-state index is 12.7. The maximum Gasteiger partial charge on any atom is 0.326 e. The zero-order chi connectivity index (χ0) is 30.4. The van der Waals surface area contributed by atoms with Gasteiger partial charge in [0.1, 0.15) is 24.1 Å². The lowest BCUT2D eigenvalue weighted by atomic mass is 10.1. The minimum atomic E-state index is -0.950. The summed E-state index contributed by atoms with van der Waals surface area (Å²) in [7, 11) is 0. The van der Waals surface area contributed by atoms with E-state index in [1.54, 1.807) is 0 Å². The monoisotopic (exact) mass is 580 g/mol. The van der Waals surface area contributed by atoms with Gasteiger partial charge in [0.05, 0.1) is 12.3 Å². The maximum atomic E-state index is 12.7. The number of anilines is 2. The molecule has 0 fully saturated rings. The van der Waals surface area contributed by atoms with Crippen molar-refractivity contribution in [2.45, 2.75) is 52.2 Å². The number of carboxylic acid groups (broad SMARTS) is 1. The number of amides is 1. The number of benzene rings is 4. The Morgan fingerprint density at radius 2 is 1.53 bits per heavy atom. The van der Waals surface area contributed by atoms with E-state index in [1.165, 1.54) is 0 Å². The van der Waals surface area contributed by atoms with Gasteiger partial charge in [-0.05, 0) is 67.3 Å². The number of nitrogens with one attached hydrogen (secondary N) is 1. The summed E-state index contributed by atoms with van der Waals surface area (Å²) in [5.41, 5.74) is 4.58. The lowest BCUT2D eigenvalue weighted by molar-refractivity contribution is -0.137. The molecule has 0 aliphatic rings. The molecule has 0 aliphatic heterocycles. The second kappa shape index (κ2) is 16.0. The van der Waals surface area contributed by atoms with Crippen molar-refractivity contribution in [2.75, 3.05) is 23.4 Å². The first kappa shape index (κ1) is 31.2. The van der Waals surface area contributed by atoms with Crippen LogP contribution < -0.4 is 19.7 Å². The van der Waals surface area contributed by atoms with Crippen LogP contribution >= 0.6 is 0 Å². The molecule has 0 saturated heterocycles. The van der Waals surface area contributed by atoms with Crippen molar-refractivity contribution in [3.05, 3.63) is 120 Å². The highest BCUT2D eigenvalue weighted by Crippen LogP contribution is 2.26. The Labute approximate surface area is 254 Å². The number of carbonyl (C=O) groups excluding carboxylic acids is 1. The van der Waals surface area contributed by atoms with Gasteiger partial charge in [0, 0.05) is 25.1 Å². The standard InChI is InChI=1S/C36H40N2O5/c1-3-10-35(39)38(30-19-15-27(2)16-20-30)23-9-24-42-31-21-17-28(18-22-31)25-33(36(40)41)37-32-13-7-8-14-34(32)43-26-29-11-5-4-6-12-29/h4-8,11-22,33,37H,3,9-10,23-26H2,1-2H3,(H,40,41). The number of rotatable bonds is 16. The fourth-order valence-electron chi connectivity index (χ4n) is 4.68. The van der Waals surface area contributed by atoms with Crippen molar-refractivity contribution < 1.29 is 24.2 Å². The Morgan fingerprint density at radius 1 is 0.837 bits per heavy atom. The van der Waals surface area contributed by atoms with Gasteiger partial charge in [-0.1, -0.05) is 79.2 Å². The molecule has 4 rings (SSSR count). The summed E-state index contributed by atoms with van der Waals surface area (Å²) in [4.78, 5) is 26.7. The summed E-state index contributed by atoms with van der Waals surface area (Å²) in [5.74, 6) is 0.459. The van der Waals surface area contributed by atoms with Crippen molar-refractivity contribution in [2.24, 2.45) is 0 Å². The highest BCUT2D eigenvalue weighted by molar-refractivity contribution is 5.93. The third-order valence-corrected chi connectivity index (χ3v) is 7.02. The molecule has 7 heteroatoms. The van der Waals surface area contributed by atoms with Crippen molar-refractivity contribution >= 4 is 23.3 Å². The molecule has 0 bridgehead atoms. The fraction of sp³-hybridized carbons (Fsp3) is 0.278. The van der Waals surface area contributed by atoms with Crippen LogP contribution in [0.15, 0.2) is 103 Å². The van der Waals surface area contributed by atoms with Crippen LogP contribution in [0.25, 0.3) is 0 Å². The van der Waals surface area contributed by atoms with E-state index in [1.807, 2.05) is 122 Å². The van der Waals surface area contributed by atoms with E-state index in [0.717, 1.165) is 28.8 Å². The number of nitrogens with zero attached hydrogens (tertiary/aromatic N) is 1. The van der Waals surface area contributed by atoms with Crippen molar-refractivity contribution in [1.82, 2.24) is 0 Å². The third-order valence-electron chi connectivity index (χ3n) is 7.02. The Morgan fingerprint density at radius 3 is 2.23 bits per heavy atom. The average molecular weight is 581 g/mol. The molecular formula is C36H40N2O5. The average Bonchev–Trinajstić information content (AvgIpc) is 3.02. The van der Waals surface area contributed by atoms with Gasteiger partial charge in [-0.25, -0.2) is 4.79 Å². The number of hydrogen-bond acceptors (Lipinski definition) is 5. The molecule has 1 unspecified atom stereocenters. The van der Waals surface area contributed by atoms with Gasteiger partial charge >= 0.3 is 5.97 Å². The normalized spacial score (nSPS) is 11.4. The van der Waals surface area contributed by atoms with Gasteiger partial charge in [0.25, 0.3) is 0 Å². The van der Waals surface area contributed by atoms with E-state index in [2.05, 4.69) is 5.32 Å². The second-order valence-corrected chi connectivity index (χ2v) is 10.5. The van der Waals surface area contributed by atoms with Crippen LogP contribution in [0.3, 0.4) is 0 Å². The van der Waals surface area contributed by atoms with Gasteiger partial charge in [0.15, 0.2) is 0 Å². The zero-order valence-corrected chi connectivity index (χ0v) is 24.9. The molecule has 7 nitrogen and oxygen atoms in total. The number of carbonyl (C=O) groups is 2. The van der Waals surface area contributed by atoms with Crippen LogP contribution in [0.2, 0.25) is 0 Å². The van der Waals surface area contributed by atoms with Gasteiger partial charge in [0.2, 0.25) is 5.91 Å². The number of carboxylic acids is 1. The Kier molecular flexibility index (Phi) is 11.6. The number of hydrogen-bond donors (Lipinski definition) is 2. The smallest absolute Gasteiger partial charge is 0.326 e. The van der Waals surface area contributed by atoms with Crippen LogP contribution in [0.4, 0.5) is 11.4 Å². The molecule has 2 N–H and O–H groups in total. The van der Waals surface area contributed by atoms with Crippen LogP contribution in [0.5, 0.6) is 11.5 Å². The molecule has 0 aromatic heterocycles. The van der Waals surface area contributed by atoms with E-state index in [4.69, 9.17) is 9.47 Å². The molecule has 0 spiro atoms. The predicted octanol–water partition coefficient (Wildman–Crippen LogP) is 7.28. The highest BCUT2D eigenvalue weighted by Gasteiger charge is 2.20. The van der Waals surface area contributed by atoms with Crippen LogP contribution in [-0.2, 0) is 22.6 Å².